The highest BCUT2D eigenvalue weighted by molar-refractivity contribution is 5.37. The van der Waals surface area contributed by atoms with Crippen molar-refractivity contribution in [3.05, 3.63) is 46.6 Å². The Bertz CT molecular complexity index is 705. The lowest BCUT2D eigenvalue weighted by Crippen LogP contribution is -2.46. The van der Waals surface area contributed by atoms with E-state index in [2.05, 4.69) is 19.8 Å². The molecule has 0 spiro atoms. The summed E-state index contributed by atoms with van der Waals surface area (Å²) >= 11 is 0. The Balaban J connectivity index is 1.57. The molecule has 0 aromatic carbocycles. The van der Waals surface area contributed by atoms with Crippen LogP contribution in [0.2, 0.25) is 0 Å². The van der Waals surface area contributed by atoms with Gasteiger partial charge in [0.05, 0.1) is 13.4 Å². The summed E-state index contributed by atoms with van der Waals surface area (Å²) in [5, 5.41) is 0. The Kier molecular flexibility index (Phi) is 4.57. The normalized spacial score (nSPS) is 15.7. The molecule has 2 aromatic heterocycles. The number of piperazine rings is 1. The van der Waals surface area contributed by atoms with E-state index in [0.29, 0.717) is 5.88 Å². The summed E-state index contributed by atoms with van der Waals surface area (Å²) in [5.41, 5.74) is 1.15. The molecule has 2 aromatic rings. The Morgan fingerprint density at radius 1 is 1.17 bits per heavy atom. The molecule has 1 saturated heterocycles. The summed E-state index contributed by atoms with van der Waals surface area (Å²) in [6, 6.07) is 5.53. The van der Waals surface area contributed by atoms with Crippen molar-refractivity contribution in [2.24, 2.45) is 7.05 Å². The van der Waals surface area contributed by atoms with Crippen LogP contribution in [0.4, 0.5) is 5.82 Å². The first-order valence-electron chi connectivity index (χ1n) is 7.64. The second-order valence-electron chi connectivity index (χ2n) is 5.67. The number of nitrogens with zero attached hydrogens (tertiary/aromatic N) is 5. The molecule has 23 heavy (non-hydrogen) atoms. The molecule has 3 rings (SSSR count). The first kappa shape index (κ1) is 15.5. The van der Waals surface area contributed by atoms with Gasteiger partial charge in [-0.25, -0.2) is 9.97 Å². The first-order chi connectivity index (χ1) is 11.2. The second-order valence-corrected chi connectivity index (χ2v) is 5.67. The molecule has 7 nitrogen and oxygen atoms in total. The van der Waals surface area contributed by atoms with Gasteiger partial charge in [0.2, 0.25) is 5.88 Å². The third-order valence-electron chi connectivity index (χ3n) is 4.07. The molecule has 0 unspecified atom stereocenters. The van der Waals surface area contributed by atoms with E-state index in [1.54, 1.807) is 26.6 Å². The van der Waals surface area contributed by atoms with Gasteiger partial charge in [-0.1, -0.05) is 6.07 Å². The monoisotopic (exact) mass is 315 g/mol. The van der Waals surface area contributed by atoms with Crippen LogP contribution in [-0.4, -0.2) is 52.7 Å². The molecule has 3 heterocycles. The highest BCUT2D eigenvalue weighted by Gasteiger charge is 2.18. The molecule has 1 aliphatic heterocycles. The Morgan fingerprint density at radius 3 is 2.57 bits per heavy atom. The summed E-state index contributed by atoms with van der Waals surface area (Å²) in [7, 11) is 3.33. The standard InChI is InChI=1S/C16H21N5O2/c1-19-12-18-14(9-16(19)22)21-7-5-20(6-8-21)11-13-3-4-15(23-2)17-10-13/h3-4,9-10,12H,5-8,11H2,1-2H3. The number of hydrogen-bond donors (Lipinski definition) is 0. The topological polar surface area (TPSA) is 63.5 Å². The van der Waals surface area contributed by atoms with E-state index in [-0.39, 0.29) is 5.56 Å². The summed E-state index contributed by atoms with van der Waals surface area (Å²) in [6.45, 7) is 4.47. The first-order valence-corrected chi connectivity index (χ1v) is 7.64. The van der Waals surface area contributed by atoms with Crippen LogP contribution < -0.4 is 15.2 Å². The van der Waals surface area contributed by atoms with Crippen molar-refractivity contribution < 1.29 is 4.74 Å². The van der Waals surface area contributed by atoms with Gasteiger partial charge in [0.15, 0.2) is 0 Å². The Hall–Kier alpha value is -2.41. The van der Waals surface area contributed by atoms with Gasteiger partial charge < -0.3 is 14.2 Å². The van der Waals surface area contributed by atoms with Crippen LogP contribution in [0.5, 0.6) is 5.88 Å². The largest absolute Gasteiger partial charge is 0.481 e. The highest BCUT2D eigenvalue weighted by Crippen LogP contribution is 2.14. The van der Waals surface area contributed by atoms with Gasteiger partial charge >= 0.3 is 0 Å². The summed E-state index contributed by atoms with van der Waals surface area (Å²) in [4.78, 5) is 24.8. The fraction of sp³-hybridized carbons (Fsp3) is 0.438. The number of aryl methyl sites for hydroxylation is 1. The highest BCUT2D eigenvalue weighted by atomic mass is 16.5. The molecular weight excluding hydrogens is 294 g/mol. The summed E-state index contributed by atoms with van der Waals surface area (Å²) in [5.74, 6) is 1.40. The molecule has 0 N–H and O–H groups in total. The SMILES string of the molecule is COc1ccc(CN2CCN(c3cc(=O)n(C)cn3)CC2)cn1. The van der Waals surface area contributed by atoms with Crippen LogP contribution in [0, 0.1) is 0 Å². The van der Waals surface area contributed by atoms with Crippen LogP contribution in [-0.2, 0) is 13.6 Å². The summed E-state index contributed by atoms with van der Waals surface area (Å²) in [6.07, 6.45) is 3.43. The van der Waals surface area contributed by atoms with Gasteiger partial charge in [-0.05, 0) is 5.56 Å². The fourth-order valence-electron chi connectivity index (χ4n) is 2.64. The molecule has 122 valence electrons. The van der Waals surface area contributed by atoms with Crippen molar-refractivity contribution >= 4 is 5.82 Å². The quantitative estimate of drug-likeness (QED) is 0.819. The van der Waals surface area contributed by atoms with E-state index >= 15 is 0 Å². The lowest BCUT2D eigenvalue weighted by atomic mass is 10.2. The zero-order valence-corrected chi connectivity index (χ0v) is 13.5. The Labute approximate surface area is 135 Å². The van der Waals surface area contributed by atoms with Gasteiger partial charge in [0, 0.05) is 58.1 Å². The maximum Gasteiger partial charge on any atom is 0.255 e. The molecule has 1 fully saturated rings. The minimum Gasteiger partial charge on any atom is -0.481 e. The molecule has 0 saturated carbocycles. The lowest BCUT2D eigenvalue weighted by molar-refractivity contribution is 0.249. The molecule has 0 amide bonds. The number of anilines is 1. The van der Waals surface area contributed by atoms with Gasteiger partial charge in [-0.3, -0.25) is 9.69 Å². The minimum absolute atomic E-state index is 0.0262. The molecule has 7 heteroatoms. The van der Waals surface area contributed by atoms with Crippen molar-refractivity contribution in [1.82, 2.24) is 19.4 Å². The number of methoxy groups -OCH3 is 1. The number of rotatable bonds is 4. The average molecular weight is 315 g/mol. The summed E-state index contributed by atoms with van der Waals surface area (Å²) < 4.78 is 6.56. The molecule has 0 atom stereocenters. The third kappa shape index (κ3) is 3.68. The van der Waals surface area contributed by atoms with Crippen LogP contribution in [0.15, 0.2) is 35.5 Å². The predicted octanol–water partition coefficient (Wildman–Crippen LogP) is 0.506. The van der Waals surface area contributed by atoms with Crippen molar-refractivity contribution in [3.63, 3.8) is 0 Å². The minimum atomic E-state index is -0.0262. The number of ether oxygens (including phenoxy) is 1. The van der Waals surface area contributed by atoms with Crippen molar-refractivity contribution in [3.8, 4) is 5.88 Å². The number of hydrogen-bond acceptors (Lipinski definition) is 6. The number of aromatic nitrogens is 3. The van der Waals surface area contributed by atoms with Crippen LogP contribution in [0.3, 0.4) is 0 Å². The van der Waals surface area contributed by atoms with Crippen molar-refractivity contribution in [1.29, 1.82) is 0 Å². The second kappa shape index (κ2) is 6.78. The zero-order valence-electron chi connectivity index (χ0n) is 13.5. The van der Waals surface area contributed by atoms with Gasteiger partial charge in [0.25, 0.3) is 5.56 Å². The van der Waals surface area contributed by atoms with Gasteiger partial charge in [-0.15, -0.1) is 0 Å². The molecule has 1 aliphatic rings. The van der Waals surface area contributed by atoms with E-state index in [0.717, 1.165) is 38.5 Å². The fourth-order valence-corrected chi connectivity index (χ4v) is 2.64. The van der Waals surface area contributed by atoms with Gasteiger partial charge in [0.1, 0.15) is 5.82 Å². The van der Waals surface area contributed by atoms with E-state index in [4.69, 9.17) is 4.74 Å². The smallest absolute Gasteiger partial charge is 0.255 e. The van der Waals surface area contributed by atoms with Gasteiger partial charge in [-0.2, -0.15) is 0 Å². The maximum absolute atomic E-state index is 11.7. The average Bonchev–Trinajstić information content (AvgIpc) is 2.59. The molecule has 0 radical (unpaired) electrons. The lowest BCUT2D eigenvalue weighted by Gasteiger charge is -2.35. The zero-order chi connectivity index (χ0) is 16.2. The van der Waals surface area contributed by atoms with Crippen LogP contribution >= 0.6 is 0 Å². The third-order valence-corrected chi connectivity index (χ3v) is 4.07. The number of pyridine rings is 1. The van der Waals surface area contributed by atoms with E-state index in [1.807, 2.05) is 18.3 Å². The van der Waals surface area contributed by atoms with Crippen LogP contribution in [0.25, 0.3) is 0 Å². The van der Waals surface area contributed by atoms with E-state index in [9.17, 15) is 4.79 Å². The molecular formula is C16H21N5O2. The van der Waals surface area contributed by atoms with E-state index in [1.165, 1.54) is 10.1 Å². The van der Waals surface area contributed by atoms with Crippen molar-refractivity contribution in [2.75, 3.05) is 38.2 Å². The van der Waals surface area contributed by atoms with Crippen molar-refractivity contribution in [2.45, 2.75) is 6.54 Å². The maximum atomic E-state index is 11.7. The van der Waals surface area contributed by atoms with Crippen LogP contribution in [0.1, 0.15) is 5.56 Å². The Morgan fingerprint density at radius 2 is 1.96 bits per heavy atom. The molecule has 0 bridgehead atoms. The van der Waals surface area contributed by atoms with E-state index < -0.39 is 0 Å². The molecule has 0 aliphatic carbocycles. The predicted molar refractivity (Wildman–Crippen MR) is 87.8 cm³/mol.